The number of carbonyl (C=O) groups is 1. The molecule has 0 atom stereocenters. The molecule has 0 aliphatic heterocycles. The second-order valence-electron chi connectivity index (χ2n) is 6.53. The number of allylic oxidation sites excluding steroid dienone is 1. The minimum absolute atomic E-state index is 0.00161. The number of hydrogen-bond donors (Lipinski definition) is 1. The van der Waals surface area contributed by atoms with Gasteiger partial charge < -0.3 is 19.5 Å². The summed E-state index contributed by atoms with van der Waals surface area (Å²) < 4.78 is 16.3. The number of anilines is 1. The van der Waals surface area contributed by atoms with Gasteiger partial charge in [0.25, 0.3) is 0 Å². The standard InChI is InChI=1S/C24H21NO4/c1-27-19-13-16(14-20(28-2)24(19)29-3)25-22-17-11-7-8-12-18(17)23(26)21(22)15-9-5-4-6-10-15/h4-14,25H,1-3H3. The molecule has 5 heteroatoms. The molecule has 0 spiro atoms. The van der Waals surface area contributed by atoms with E-state index in [1.165, 1.54) is 0 Å². The maximum atomic E-state index is 13.2. The van der Waals surface area contributed by atoms with Gasteiger partial charge in [0.05, 0.1) is 32.6 Å². The number of ketones is 1. The van der Waals surface area contributed by atoms with Crippen LogP contribution in [0.1, 0.15) is 21.5 Å². The fraction of sp³-hybridized carbons (Fsp3) is 0.125. The predicted molar refractivity (Wildman–Crippen MR) is 114 cm³/mol. The first-order valence-corrected chi connectivity index (χ1v) is 9.18. The van der Waals surface area contributed by atoms with Gasteiger partial charge in [-0.05, 0) is 5.56 Å². The van der Waals surface area contributed by atoms with Crippen molar-refractivity contribution in [3.8, 4) is 17.2 Å². The number of hydrogen-bond acceptors (Lipinski definition) is 5. The molecule has 0 saturated heterocycles. The molecular formula is C24H21NO4. The molecule has 0 radical (unpaired) electrons. The largest absolute Gasteiger partial charge is 0.493 e. The minimum Gasteiger partial charge on any atom is -0.493 e. The van der Waals surface area contributed by atoms with Crippen LogP contribution in [0.15, 0.2) is 66.7 Å². The lowest BCUT2D eigenvalue weighted by molar-refractivity contribution is 0.105. The molecular weight excluding hydrogens is 366 g/mol. The Morgan fingerprint density at radius 1 is 0.724 bits per heavy atom. The third kappa shape index (κ3) is 3.21. The van der Waals surface area contributed by atoms with Crippen LogP contribution in [0.5, 0.6) is 17.2 Å². The van der Waals surface area contributed by atoms with Crippen LogP contribution >= 0.6 is 0 Å². The van der Waals surface area contributed by atoms with Crippen molar-refractivity contribution in [3.63, 3.8) is 0 Å². The zero-order valence-corrected chi connectivity index (χ0v) is 16.5. The van der Waals surface area contributed by atoms with E-state index in [-0.39, 0.29) is 5.78 Å². The fourth-order valence-corrected chi connectivity index (χ4v) is 3.59. The van der Waals surface area contributed by atoms with E-state index in [2.05, 4.69) is 5.32 Å². The van der Waals surface area contributed by atoms with Crippen LogP contribution < -0.4 is 19.5 Å². The van der Waals surface area contributed by atoms with Crippen molar-refractivity contribution in [3.05, 3.63) is 83.4 Å². The summed E-state index contributed by atoms with van der Waals surface area (Å²) in [4.78, 5) is 13.2. The molecule has 3 aromatic rings. The lowest BCUT2D eigenvalue weighted by Gasteiger charge is -2.16. The highest BCUT2D eigenvalue weighted by Crippen LogP contribution is 2.43. The maximum absolute atomic E-state index is 13.2. The molecule has 3 aromatic carbocycles. The summed E-state index contributed by atoms with van der Waals surface area (Å²) in [6, 6.07) is 20.9. The SMILES string of the molecule is COc1cc(NC2=C(c3ccccc3)C(=O)c3ccccc32)cc(OC)c1OC. The molecule has 0 bridgehead atoms. The Labute approximate surface area is 169 Å². The molecule has 5 nitrogen and oxygen atoms in total. The van der Waals surface area contributed by atoms with Crippen LogP contribution in [0.2, 0.25) is 0 Å². The van der Waals surface area contributed by atoms with Gasteiger partial charge in [-0.3, -0.25) is 4.79 Å². The molecule has 1 N–H and O–H groups in total. The topological polar surface area (TPSA) is 56.8 Å². The quantitative estimate of drug-likeness (QED) is 0.653. The number of methoxy groups -OCH3 is 3. The first-order valence-electron chi connectivity index (χ1n) is 9.18. The molecule has 0 heterocycles. The molecule has 0 aromatic heterocycles. The average molecular weight is 387 g/mol. The first-order chi connectivity index (χ1) is 14.2. The number of ether oxygens (including phenoxy) is 3. The van der Waals surface area contributed by atoms with Crippen molar-refractivity contribution in [1.82, 2.24) is 0 Å². The van der Waals surface area contributed by atoms with Crippen molar-refractivity contribution in [2.45, 2.75) is 0 Å². The van der Waals surface area contributed by atoms with Gasteiger partial charge in [0.2, 0.25) is 5.75 Å². The van der Waals surface area contributed by atoms with Gasteiger partial charge in [-0.15, -0.1) is 0 Å². The molecule has 146 valence electrons. The van der Waals surface area contributed by atoms with Crippen LogP contribution in [0.4, 0.5) is 5.69 Å². The van der Waals surface area contributed by atoms with Gasteiger partial charge in [0.15, 0.2) is 17.3 Å². The number of Topliss-reactive ketones (excluding diaryl/α,β-unsaturated/α-hetero) is 1. The van der Waals surface area contributed by atoms with Crippen LogP contribution in [0.3, 0.4) is 0 Å². The van der Waals surface area contributed by atoms with Crippen molar-refractivity contribution >= 4 is 22.7 Å². The number of fused-ring (bicyclic) bond motifs is 1. The van der Waals surface area contributed by atoms with Gasteiger partial charge >= 0.3 is 0 Å². The number of rotatable bonds is 6. The van der Waals surface area contributed by atoms with E-state index in [1.54, 1.807) is 21.3 Å². The summed E-state index contributed by atoms with van der Waals surface area (Å²) in [7, 11) is 4.71. The molecule has 0 saturated carbocycles. The van der Waals surface area contributed by atoms with Gasteiger partial charge in [-0.25, -0.2) is 0 Å². The maximum Gasteiger partial charge on any atom is 0.203 e. The van der Waals surface area contributed by atoms with E-state index >= 15 is 0 Å². The van der Waals surface area contributed by atoms with Gasteiger partial charge in [-0.1, -0.05) is 54.6 Å². The summed E-state index contributed by atoms with van der Waals surface area (Å²) in [5.41, 5.74) is 4.54. The van der Waals surface area contributed by atoms with Crippen molar-refractivity contribution in [2.24, 2.45) is 0 Å². The van der Waals surface area contributed by atoms with Crippen LogP contribution in [-0.2, 0) is 0 Å². The molecule has 0 fully saturated rings. The lowest BCUT2D eigenvalue weighted by Crippen LogP contribution is -2.03. The zero-order chi connectivity index (χ0) is 20.4. The summed E-state index contributed by atoms with van der Waals surface area (Å²) in [6.45, 7) is 0. The number of benzene rings is 3. The van der Waals surface area contributed by atoms with Crippen LogP contribution in [0.25, 0.3) is 11.3 Å². The Bertz CT molecular complexity index is 1080. The van der Waals surface area contributed by atoms with Gasteiger partial charge in [0, 0.05) is 28.9 Å². The van der Waals surface area contributed by atoms with Crippen molar-refractivity contribution in [1.29, 1.82) is 0 Å². The Morgan fingerprint density at radius 3 is 1.90 bits per heavy atom. The van der Waals surface area contributed by atoms with Crippen LogP contribution in [0, 0.1) is 0 Å². The highest BCUT2D eigenvalue weighted by molar-refractivity contribution is 6.40. The molecule has 29 heavy (non-hydrogen) atoms. The van der Waals surface area contributed by atoms with E-state index < -0.39 is 0 Å². The van der Waals surface area contributed by atoms with Crippen molar-refractivity contribution < 1.29 is 19.0 Å². The predicted octanol–water partition coefficient (Wildman–Crippen LogP) is 4.89. The summed E-state index contributed by atoms with van der Waals surface area (Å²) in [5.74, 6) is 1.59. The third-order valence-corrected chi connectivity index (χ3v) is 4.91. The second-order valence-corrected chi connectivity index (χ2v) is 6.53. The van der Waals surface area contributed by atoms with E-state index in [0.717, 1.165) is 22.5 Å². The Hall–Kier alpha value is -3.73. The lowest BCUT2D eigenvalue weighted by atomic mass is 10.0. The van der Waals surface area contributed by atoms with E-state index in [4.69, 9.17) is 14.2 Å². The van der Waals surface area contributed by atoms with E-state index in [9.17, 15) is 4.79 Å². The van der Waals surface area contributed by atoms with E-state index in [0.29, 0.717) is 28.4 Å². The Kier molecular flexibility index (Phi) is 4.96. The highest BCUT2D eigenvalue weighted by atomic mass is 16.5. The average Bonchev–Trinajstić information content (AvgIpc) is 3.05. The molecule has 4 rings (SSSR count). The molecule has 1 aliphatic rings. The third-order valence-electron chi connectivity index (χ3n) is 4.91. The summed E-state index contributed by atoms with van der Waals surface area (Å²) >= 11 is 0. The Balaban J connectivity index is 1.87. The zero-order valence-electron chi connectivity index (χ0n) is 16.5. The number of nitrogens with one attached hydrogen (secondary N) is 1. The highest BCUT2D eigenvalue weighted by Gasteiger charge is 2.30. The summed E-state index contributed by atoms with van der Waals surface area (Å²) in [5, 5.41) is 3.42. The molecule has 0 unspecified atom stereocenters. The summed E-state index contributed by atoms with van der Waals surface area (Å²) in [6.07, 6.45) is 0. The Morgan fingerprint density at radius 2 is 1.31 bits per heavy atom. The van der Waals surface area contributed by atoms with E-state index in [1.807, 2.05) is 66.7 Å². The first kappa shape index (κ1) is 18.6. The second kappa shape index (κ2) is 7.72. The molecule has 0 amide bonds. The van der Waals surface area contributed by atoms with Crippen LogP contribution in [-0.4, -0.2) is 27.1 Å². The fourth-order valence-electron chi connectivity index (χ4n) is 3.59. The van der Waals surface area contributed by atoms with Gasteiger partial charge in [0.1, 0.15) is 0 Å². The number of carbonyl (C=O) groups excluding carboxylic acids is 1. The van der Waals surface area contributed by atoms with Crippen molar-refractivity contribution in [2.75, 3.05) is 26.6 Å². The normalized spacial score (nSPS) is 12.6. The smallest absolute Gasteiger partial charge is 0.203 e. The monoisotopic (exact) mass is 387 g/mol. The minimum atomic E-state index is 0.00161. The molecule has 1 aliphatic carbocycles. The van der Waals surface area contributed by atoms with Gasteiger partial charge in [-0.2, -0.15) is 0 Å².